The number of H-pyrrole nitrogens is 1. The molecule has 178 valence electrons. The summed E-state index contributed by atoms with van der Waals surface area (Å²) in [7, 11) is 1.60. The number of rotatable bonds is 8. The van der Waals surface area contributed by atoms with E-state index in [1.165, 1.54) is 0 Å². The zero-order valence-electron chi connectivity index (χ0n) is 19.7. The first-order chi connectivity index (χ1) is 17.1. The maximum atomic E-state index is 13.6. The number of aromatic amines is 1. The third-order valence-corrected chi connectivity index (χ3v) is 6.31. The number of amides is 1. The summed E-state index contributed by atoms with van der Waals surface area (Å²) in [4.78, 5) is 15.4. The predicted octanol–water partition coefficient (Wildman–Crippen LogP) is 4.98. The first-order valence-corrected chi connectivity index (χ1v) is 11.6. The first kappa shape index (κ1) is 22.5. The van der Waals surface area contributed by atoms with Crippen molar-refractivity contribution >= 4 is 5.91 Å². The Morgan fingerprint density at radius 2 is 1.80 bits per heavy atom. The number of aromatic hydroxyl groups is 1. The van der Waals surface area contributed by atoms with E-state index in [1.54, 1.807) is 25.3 Å². The largest absolute Gasteiger partial charge is 0.507 e. The smallest absolute Gasteiger partial charge is 0.273 e. The number of methoxy groups -OCH3 is 1. The van der Waals surface area contributed by atoms with Gasteiger partial charge in [0.15, 0.2) is 11.5 Å². The number of carbonyl (C=O) groups excluding carboxylic acids is 1. The average Bonchev–Trinajstić information content (AvgIpc) is 3.43. The van der Waals surface area contributed by atoms with Crippen LogP contribution >= 0.6 is 0 Å². The summed E-state index contributed by atoms with van der Waals surface area (Å²) in [6.45, 7) is 2.96. The summed E-state index contributed by atoms with van der Waals surface area (Å²) in [6.07, 6.45) is 0.709. The van der Waals surface area contributed by atoms with Gasteiger partial charge in [-0.1, -0.05) is 48.5 Å². The Hall–Kier alpha value is -4.26. The van der Waals surface area contributed by atoms with Gasteiger partial charge in [-0.05, 0) is 48.7 Å². The number of phenolic OH excluding ortho intramolecular Hbond substituents is 1. The van der Waals surface area contributed by atoms with Crippen molar-refractivity contribution in [3.05, 3.63) is 95.2 Å². The molecule has 0 radical (unpaired) electrons. The normalized spacial score (nSPS) is 14.7. The minimum Gasteiger partial charge on any atom is -0.507 e. The number of para-hydroxylation sites is 1. The molecule has 2 N–H and O–H groups in total. The van der Waals surface area contributed by atoms with Gasteiger partial charge in [-0.15, -0.1) is 0 Å². The number of nitrogens with zero attached hydrogens (tertiary/aromatic N) is 2. The van der Waals surface area contributed by atoms with Crippen molar-refractivity contribution in [3.63, 3.8) is 0 Å². The molecule has 5 rings (SSSR count). The second kappa shape index (κ2) is 9.54. The third-order valence-electron chi connectivity index (χ3n) is 6.31. The van der Waals surface area contributed by atoms with Crippen LogP contribution in [0, 0.1) is 0 Å². The fraction of sp³-hybridized carbons (Fsp3) is 0.214. The zero-order chi connectivity index (χ0) is 24.4. The highest BCUT2D eigenvalue weighted by Gasteiger charge is 2.42. The summed E-state index contributed by atoms with van der Waals surface area (Å²) in [5, 5.41) is 17.9. The van der Waals surface area contributed by atoms with E-state index in [2.05, 4.69) is 22.3 Å². The molecule has 7 heteroatoms. The first-order valence-electron chi connectivity index (χ1n) is 11.6. The highest BCUT2D eigenvalue weighted by molar-refractivity contribution is 6.00. The fourth-order valence-electron chi connectivity index (χ4n) is 4.68. The highest BCUT2D eigenvalue weighted by Crippen LogP contribution is 2.45. The van der Waals surface area contributed by atoms with Crippen LogP contribution in [0.2, 0.25) is 0 Å². The van der Waals surface area contributed by atoms with Crippen LogP contribution in [0.15, 0.2) is 72.8 Å². The number of carbonyl (C=O) groups is 1. The molecule has 35 heavy (non-hydrogen) atoms. The number of phenols is 1. The number of ether oxygens (including phenoxy) is 2. The molecule has 1 amide bonds. The van der Waals surface area contributed by atoms with Crippen molar-refractivity contribution in [1.82, 2.24) is 15.1 Å². The lowest BCUT2D eigenvalue weighted by Gasteiger charge is -2.27. The summed E-state index contributed by atoms with van der Waals surface area (Å²) in [5.41, 5.74) is 4.35. The second-order valence-electron chi connectivity index (χ2n) is 8.36. The van der Waals surface area contributed by atoms with E-state index in [9.17, 15) is 9.90 Å². The van der Waals surface area contributed by atoms with Crippen LogP contribution in [-0.2, 0) is 6.42 Å². The van der Waals surface area contributed by atoms with Gasteiger partial charge in [-0.2, -0.15) is 5.10 Å². The van der Waals surface area contributed by atoms with Gasteiger partial charge >= 0.3 is 0 Å². The van der Waals surface area contributed by atoms with Crippen LogP contribution in [0.5, 0.6) is 17.2 Å². The maximum absolute atomic E-state index is 13.6. The Labute approximate surface area is 203 Å². The van der Waals surface area contributed by atoms with Crippen molar-refractivity contribution in [1.29, 1.82) is 0 Å². The minimum atomic E-state index is -0.404. The monoisotopic (exact) mass is 469 g/mol. The molecular formula is C28H27N3O4. The molecule has 0 unspecified atom stereocenters. The SMILES string of the molecule is CCOc1ccc([C@@H]2c3c(-c4ccccc4O)n[nH]c3C(=O)N2CCc2ccccc2)cc1OC. The molecule has 1 aliphatic rings. The lowest BCUT2D eigenvalue weighted by atomic mass is 9.95. The van der Waals surface area contributed by atoms with Gasteiger partial charge in [0, 0.05) is 17.7 Å². The van der Waals surface area contributed by atoms with Crippen molar-refractivity contribution in [2.45, 2.75) is 19.4 Å². The Bertz CT molecular complexity index is 1350. The molecule has 1 aliphatic heterocycles. The molecular weight excluding hydrogens is 442 g/mol. The van der Waals surface area contributed by atoms with Gasteiger partial charge in [0.2, 0.25) is 0 Å². The summed E-state index contributed by atoms with van der Waals surface area (Å²) in [6, 6.07) is 22.5. The molecule has 3 aromatic carbocycles. The van der Waals surface area contributed by atoms with E-state index in [1.807, 2.05) is 54.3 Å². The lowest BCUT2D eigenvalue weighted by molar-refractivity contribution is 0.0745. The molecule has 1 aromatic heterocycles. The molecule has 0 saturated heterocycles. The molecule has 1 atom stereocenters. The average molecular weight is 470 g/mol. The van der Waals surface area contributed by atoms with Gasteiger partial charge in [-0.25, -0.2) is 0 Å². The standard InChI is InChI=1S/C28H27N3O4/c1-3-35-22-14-13-19(17-23(22)34-2)27-24-25(20-11-7-8-12-21(20)32)29-30-26(24)28(33)31(27)16-15-18-9-5-4-6-10-18/h4-14,17,27,32H,3,15-16H2,1-2H3,(H,29,30)/t27-/m1/s1. The molecule has 4 aromatic rings. The Morgan fingerprint density at radius 3 is 2.54 bits per heavy atom. The van der Waals surface area contributed by atoms with Crippen molar-refractivity contribution in [2.75, 3.05) is 20.3 Å². The van der Waals surface area contributed by atoms with Gasteiger partial charge in [0.25, 0.3) is 5.91 Å². The second-order valence-corrected chi connectivity index (χ2v) is 8.36. The molecule has 0 fully saturated rings. The summed E-state index contributed by atoms with van der Waals surface area (Å²) < 4.78 is 11.3. The van der Waals surface area contributed by atoms with Crippen LogP contribution in [-0.4, -0.2) is 46.4 Å². The minimum absolute atomic E-state index is 0.111. The van der Waals surface area contributed by atoms with Crippen molar-refractivity contribution in [2.24, 2.45) is 0 Å². The van der Waals surface area contributed by atoms with Crippen LogP contribution < -0.4 is 9.47 Å². The van der Waals surface area contributed by atoms with E-state index in [0.29, 0.717) is 48.0 Å². The highest BCUT2D eigenvalue weighted by atomic mass is 16.5. The fourth-order valence-corrected chi connectivity index (χ4v) is 4.68. The van der Waals surface area contributed by atoms with Gasteiger partial charge in [0.1, 0.15) is 17.1 Å². The molecule has 0 aliphatic carbocycles. The Balaban J connectivity index is 1.61. The van der Waals surface area contributed by atoms with Crippen molar-refractivity contribution < 1.29 is 19.4 Å². The van der Waals surface area contributed by atoms with Gasteiger partial charge in [0.05, 0.1) is 19.8 Å². The number of fused-ring (bicyclic) bond motifs is 1. The lowest BCUT2D eigenvalue weighted by Crippen LogP contribution is -2.31. The van der Waals surface area contributed by atoms with Gasteiger partial charge < -0.3 is 19.5 Å². The molecule has 0 spiro atoms. The summed E-state index contributed by atoms with van der Waals surface area (Å²) >= 11 is 0. The van der Waals surface area contributed by atoms with E-state index in [4.69, 9.17) is 9.47 Å². The van der Waals surface area contributed by atoms with Crippen molar-refractivity contribution in [3.8, 4) is 28.5 Å². The van der Waals surface area contributed by atoms with E-state index < -0.39 is 6.04 Å². The number of hydrogen-bond donors (Lipinski definition) is 2. The number of aromatic nitrogens is 2. The van der Waals surface area contributed by atoms with Crippen LogP contribution in [0.25, 0.3) is 11.3 Å². The topological polar surface area (TPSA) is 87.7 Å². The molecule has 2 heterocycles. The number of benzene rings is 3. The molecule has 7 nitrogen and oxygen atoms in total. The van der Waals surface area contributed by atoms with E-state index in [0.717, 1.165) is 16.7 Å². The van der Waals surface area contributed by atoms with E-state index in [-0.39, 0.29) is 11.7 Å². The van der Waals surface area contributed by atoms with Crippen LogP contribution in [0.3, 0.4) is 0 Å². The summed E-state index contributed by atoms with van der Waals surface area (Å²) in [5.74, 6) is 1.23. The number of nitrogens with one attached hydrogen (secondary N) is 1. The number of hydrogen-bond acceptors (Lipinski definition) is 5. The molecule has 0 saturated carbocycles. The quantitative estimate of drug-likeness (QED) is 0.380. The van der Waals surface area contributed by atoms with Gasteiger partial charge in [-0.3, -0.25) is 9.89 Å². The third kappa shape index (κ3) is 4.10. The van der Waals surface area contributed by atoms with Crippen LogP contribution in [0.1, 0.15) is 40.1 Å². The predicted molar refractivity (Wildman–Crippen MR) is 133 cm³/mol. The Morgan fingerprint density at radius 1 is 1.03 bits per heavy atom. The van der Waals surface area contributed by atoms with Crippen LogP contribution in [0.4, 0.5) is 0 Å². The molecule has 0 bridgehead atoms. The zero-order valence-corrected chi connectivity index (χ0v) is 19.7. The van der Waals surface area contributed by atoms with E-state index >= 15 is 0 Å². The maximum Gasteiger partial charge on any atom is 0.273 e. The Kier molecular flexibility index (Phi) is 6.14.